The van der Waals surface area contributed by atoms with Gasteiger partial charge in [0.25, 0.3) is 0 Å². The highest BCUT2D eigenvalue weighted by Gasteiger charge is 2.05. The molecule has 70 valence electrons. The van der Waals surface area contributed by atoms with E-state index < -0.39 is 0 Å². The van der Waals surface area contributed by atoms with Crippen LogP contribution in [0.3, 0.4) is 0 Å². The minimum atomic E-state index is 0.595. The van der Waals surface area contributed by atoms with E-state index in [9.17, 15) is 0 Å². The summed E-state index contributed by atoms with van der Waals surface area (Å²) in [5.74, 6) is 1.28. The van der Waals surface area contributed by atoms with Crippen molar-refractivity contribution in [3.8, 4) is 11.5 Å². The first-order chi connectivity index (χ1) is 6.77. The third kappa shape index (κ3) is 1.56. The summed E-state index contributed by atoms with van der Waals surface area (Å²) in [5.41, 5.74) is 1.71. The molecule has 0 unspecified atom stereocenters. The Morgan fingerprint density at radius 1 is 1.00 bits per heavy atom. The van der Waals surface area contributed by atoms with Crippen LogP contribution >= 0.6 is 0 Å². The van der Waals surface area contributed by atoms with E-state index in [0.29, 0.717) is 11.6 Å². The average Bonchev–Trinajstić information content (AvgIpc) is 2.18. The van der Waals surface area contributed by atoms with Gasteiger partial charge in [-0.3, -0.25) is 0 Å². The summed E-state index contributed by atoms with van der Waals surface area (Å²) < 4.78 is 0. The molecule has 5 heteroatoms. The summed E-state index contributed by atoms with van der Waals surface area (Å²) in [6.07, 6.45) is 4.71. The number of nitrogens with zero attached hydrogens (tertiary/aromatic N) is 5. The van der Waals surface area contributed by atoms with Gasteiger partial charge in [0.05, 0.1) is 0 Å². The van der Waals surface area contributed by atoms with Gasteiger partial charge < -0.3 is 0 Å². The van der Waals surface area contributed by atoms with Crippen molar-refractivity contribution in [3.63, 3.8) is 0 Å². The van der Waals surface area contributed by atoms with E-state index in [2.05, 4.69) is 24.9 Å². The smallest absolute Gasteiger partial charge is 0.181 e. The number of hydrogen-bond acceptors (Lipinski definition) is 5. The lowest BCUT2D eigenvalue weighted by Gasteiger charge is -2.01. The standard InChI is InChI=1S/C9H9N5/c1-6-3-10-4-12-8(6)9-13-5-11-7(2)14-9/h3-5H,1-2H3. The summed E-state index contributed by atoms with van der Waals surface area (Å²) >= 11 is 0. The molecule has 0 atom stereocenters. The van der Waals surface area contributed by atoms with Crippen molar-refractivity contribution >= 4 is 0 Å². The maximum Gasteiger partial charge on any atom is 0.181 e. The lowest BCUT2D eigenvalue weighted by molar-refractivity contribution is 0.966. The van der Waals surface area contributed by atoms with Gasteiger partial charge in [-0.1, -0.05) is 0 Å². The van der Waals surface area contributed by atoms with Crippen molar-refractivity contribution in [2.45, 2.75) is 13.8 Å². The van der Waals surface area contributed by atoms with Crippen LogP contribution in [0.5, 0.6) is 0 Å². The normalized spacial score (nSPS) is 10.1. The van der Waals surface area contributed by atoms with Gasteiger partial charge in [-0.15, -0.1) is 0 Å². The van der Waals surface area contributed by atoms with E-state index in [-0.39, 0.29) is 0 Å². The summed E-state index contributed by atoms with van der Waals surface area (Å²) in [5, 5.41) is 0. The summed E-state index contributed by atoms with van der Waals surface area (Å²) in [4.78, 5) is 20.2. The molecule has 0 aliphatic carbocycles. The van der Waals surface area contributed by atoms with Crippen molar-refractivity contribution < 1.29 is 0 Å². The van der Waals surface area contributed by atoms with Crippen molar-refractivity contribution in [1.29, 1.82) is 0 Å². The maximum atomic E-state index is 4.19. The monoisotopic (exact) mass is 187 g/mol. The fourth-order valence-corrected chi connectivity index (χ4v) is 1.13. The van der Waals surface area contributed by atoms with E-state index >= 15 is 0 Å². The molecule has 14 heavy (non-hydrogen) atoms. The van der Waals surface area contributed by atoms with Crippen molar-refractivity contribution in [2.75, 3.05) is 0 Å². The predicted molar refractivity (Wildman–Crippen MR) is 50.3 cm³/mol. The Hall–Kier alpha value is -1.91. The maximum absolute atomic E-state index is 4.19. The SMILES string of the molecule is Cc1ncnc(-c2ncncc2C)n1. The molecule has 0 fully saturated rings. The molecule has 0 bridgehead atoms. The number of aryl methyl sites for hydroxylation is 2. The molecule has 0 aliphatic rings. The van der Waals surface area contributed by atoms with Gasteiger partial charge in [0, 0.05) is 6.20 Å². The molecule has 0 aliphatic heterocycles. The Kier molecular flexibility index (Phi) is 2.14. The third-order valence-corrected chi connectivity index (χ3v) is 1.80. The van der Waals surface area contributed by atoms with E-state index in [4.69, 9.17) is 0 Å². The zero-order valence-corrected chi connectivity index (χ0v) is 7.97. The zero-order valence-electron chi connectivity index (χ0n) is 7.97. The quantitative estimate of drug-likeness (QED) is 0.664. The third-order valence-electron chi connectivity index (χ3n) is 1.80. The van der Waals surface area contributed by atoms with Gasteiger partial charge in [0.1, 0.15) is 24.2 Å². The van der Waals surface area contributed by atoms with E-state index in [0.717, 1.165) is 11.3 Å². The second kappa shape index (κ2) is 3.45. The first kappa shape index (κ1) is 8.68. The van der Waals surface area contributed by atoms with E-state index in [1.807, 2.05) is 13.8 Å². The Balaban J connectivity index is 2.55. The first-order valence-electron chi connectivity index (χ1n) is 4.20. The Morgan fingerprint density at radius 2 is 1.86 bits per heavy atom. The molecule has 0 N–H and O–H groups in total. The molecule has 0 saturated carbocycles. The lowest BCUT2D eigenvalue weighted by Crippen LogP contribution is -1.98. The van der Waals surface area contributed by atoms with Crippen LogP contribution in [0.25, 0.3) is 11.5 Å². The topological polar surface area (TPSA) is 64.5 Å². The van der Waals surface area contributed by atoms with Crippen LogP contribution < -0.4 is 0 Å². The molecule has 2 rings (SSSR count). The minimum absolute atomic E-state index is 0.595. The molecule has 0 radical (unpaired) electrons. The van der Waals surface area contributed by atoms with Crippen molar-refractivity contribution in [1.82, 2.24) is 24.9 Å². The highest BCUT2D eigenvalue weighted by molar-refractivity contribution is 5.52. The van der Waals surface area contributed by atoms with Crippen molar-refractivity contribution in [2.24, 2.45) is 0 Å². The van der Waals surface area contributed by atoms with Crippen LogP contribution in [0.4, 0.5) is 0 Å². The van der Waals surface area contributed by atoms with Crippen LogP contribution in [-0.4, -0.2) is 24.9 Å². The second-order valence-corrected chi connectivity index (χ2v) is 2.91. The van der Waals surface area contributed by atoms with Gasteiger partial charge in [-0.05, 0) is 19.4 Å². The summed E-state index contributed by atoms with van der Waals surface area (Å²) in [6, 6.07) is 0. The molecule has 2 aromatic heterocycles. The molecule has 2 aromatic rings. The van der Waals surface area contributed by atoms with Crippen LogP contribution in [0.1, 0.15) is 11.4 Å². The molecule has 0 aromatic carbocycles. The zero-order chi connectivity index (χ0) is 9.97. The Morgan fingerprint density at radius 3 is 2.57 bits per heavy atom. The van der Waals surface area contributed by atoms with Crippen LogP contribution in [0, 0.1) is 13.8 Å². The fourth-order valence-electron chi connectivity index (χ4n) is 1.13. The highest BCUT2D eigenvalue weighted by atomic mass is 15.0. The number of rotatable bonds is 1. The molecule has 2 heterocycles. The molecule has 0 spiro atoms. The van der Waals surface area contributed by atoms with Crippen molar-refractivity contribution in [3.05, 3.63) is 30.2 Å². The lowest BCUT2D eigenvalue weighted by atomic mass is 10.2. The Bertz CT molecular complexity index is 454. The van der Waals surface area contributed by atoms with Gasteiger partial charge in [0.2, 0.25) is 0 Å². The average molecular weight is 187 g/mol. The summed E-state index contributed by atoms with van der Waals surface area (Å²) in [7, 11) is 0. The minimum Gasteiger partial charge on any atom is -0.244 e. The van der Waals surface area contributed by atoms with Gasteiger partial charge >= 0.3 is 0 Å². The van der Waals surface area contributed by atoms with Gasteiger partial charge in [-0.25, -0.2) is 24.9 Å². The first-order valence-corrected chi connectivity index (χ1v) is 4.20. The fraction of sp³-hybridized carbons (Fsp3) is 0.222. The highest BCUT2D eigenvalue weighted by Crippen LogP contribution is 2.13. The molecule has 0 saturated heterocycles. The largest absolute Gasteiger partial charge is 0.244 e. The predicted octanol–water partition coefficient (Wildman–Crippen LogP) is 0.945. The van der Waals surface area contributed by atoms with Gasteiger partial charge in [-0.2, -0.15) is 0 Å². The van der Waals surface area contributed by atoms with Crippen LogP contribution in [0.2, 0.25) is 0 Å². The van der Waals surface area contributed by atoms with Crippen LogP contribution in [0.15, 0.2) is 18.9 Å². The summed E-state index contributed by atoms with van der Waals surface area (Å²) in [6.45, 7) is 3.75. The van der Waals surface area contributed by atoms with E-state index in [1.165, 1.54) is 12.7 Å². The molecular formula is C9H9N5. The van der Waals surface area contributed by atoms with Gasteiger partial charge in [0.15, 0.2) is 5.82 Å². The Labute approximate surface area is 81.3 Å². The number of hydrogen-bond donors (Lipinski definition) is 0. The second-order valence-electron chi connectivity index (χ2n) is 2.91. The van der Waals surface area contributed by atoms with E-state index in [1.54, 1.807) is 6.20 Å². The molecule has 5 nitrogen and oxygen atoms in total. The van der Waals surface area contributed by atoms with Crippen LogP contribution in [-0.2, 0) is 0 Å². The molecule has 0 amide bonds. The number of aromatic nitrogens is 5. The molecular weight excluding hydrogens is 178 g/mol.